The zero-order valence-corrected chi connectivity index (χ0v) is 14.6. The molecule has 0 radical (unpaired) electrons. The predicted octanol–water partition coefficient (Wildman–Crippen LogP) is 3.40. The molecule has 2 aliphatic rings. The Morgan fingerprint density at radius 3 is 2.22 bits per heavy atom. The lowest BCUT2D eigenvalue weighted by Gasteiger charge is -2.32. The van der Waals surface area contributed by atoms with E-state index in [4.69, 9.17) is 14.0 Å². The van der Waals surface area contributed by atoms with Gasteiger partial charge >= 0.3 is 7.12 Å². The predicted molar refractivity (Wildman–Crippen MR) is 91.3 cm³/mol. The third kappa shape index (κ3) is 3.36. The molecule has 3 rings (SSSR count). The van der Waals surface area contributed by atoms with Crippen molar-refractivity contribution in [1.29, 1.82) is 0 Å². The number of phenolic OH excluding ortho intramolecular Hbond substituents is 1. The summed E-state index contributed by atoms with van der Waals surface area (Å²) >= 11 is 0. The Labute approximate surface area is 139 Å². The molecule has 1 saturated heterocycles. The van der Waals surface area contributed by atoms with Crippen LogP contribution in [-0.4, -0.2) is 29.5 Å². The molecule has 126 valence electrons. The van der Waals surface area contributed by atoms with Gasteiger partial charge in [0.2, 0.25) is 0 Å². The van der Waals surface area contributed by atoms with Crippen molar-refractivity contribution in [1.82, 2.24) is 0 Å². The van der Waals surface area contributed by atoms with Crippen molar-refractivity contribution >= 4 is 12.6 Å². The number of hydrogen-bond acceptors (Lipinski definition) is 4. The zero-order chi connectivity index (χ0) is 16.7. The maximum Gasteiger partial charge on any atom is 0.494 e. The molecule has 1 aromatic rings. The van der Waals surface area contributed by atoms with Gasteiger partial charge in [-0.15, -0.1) is 0 Å². The van der Waals surface area contributed by atoms with Gasteiger partial charge in [-0.2, -0.15) is 0 Å². The summed E-state index contributed by atoms with van der Waals surface area (Å²) in [5.41, 5.74) is 0.0481. The maximum atomic E-state index is 10.3. The SMILES string of the molecule is CC1(C)OB(c2ccc(OC3CCCCC3)c(O)c2)OC1(C)C. The van der Waals surface area contributed by atoms with Crippen LogP contribution < -0.4 is 10.2 Å². The van der Waals surface area contributed by atoms with Gasteiger partial charge in [0.15, 0.2) is 11.5 Å². The van der Waals surface area contributed by atoms with Crippen LogP contribution in [-0.2, 0) is 9.31 Å². The summed E-state index contributed by atoms with van der Waals surface area (Å²) in [7, 11) is -0.463. The summed E-state index contributed by atoms with van der Waals surface area (Å²) in [6, 6.07) is 5.44. The van der Waals surface area contributed by atoms with Crippen molar-refractivity contribution in [3.63, 3.8) is 0 Å². The Bertz CT molecular complexity index is 548. The molecule has 1 N–H and O–H groups in total. The smallest absolute Gasteiger partial charge is 0.494 e. The van der Waals surface area contributed by atoms with Crippen molar-refractivity contribution < 1.29 is 19.2 Å². The van der Waals surface area contributed by atoms with E-state index in [1.165, 1.54) is 19.3 Å². The molecule has 23 heavy (non-hydrogen) atoms. The van der Waals surface area contributed by atoms with E-state index in [0.717, 1.165) is 18.3 Å². The number of aromatic hydroxyl groups is 1. The highest BCUT2D eigenvalue weighted by molar-refractivity contribution is 6.62. The molecule has 0 unspecified atom stereocenters. The van der Waals surface area contributed by atoms with Crippen molar-refractivity contribution in [2.45, 2.75) is 77.1 Å². The van der Waals surface area contributed by atoms with Crippen LogP contribution in [0.15, 0.2) is 18.2 Å². The van der Waals surface area contributed by atoms with Crippen LogP contribution in [0.5, 0.6) is 11.5 Å². The first kappa shape index (κ1) is 16.7. The third-order valence-corrected chi connectivity index (χ3v) is 5.35. The van der Waals surface area contributed by atoms with Crippen molar-refractivity contribution in [3.05, 3.63) is 18.2 Å². The summed E-state index contributed by atoms with van der Waals surface area (Å²) in [5, 5.41) is 10.3. The van der Waals surface area contributed by atoms with Crippen LogP contribution >= 0.6 is 0 Å². The fourth-order valence-electron chi connectivity index (χ4n) is 3.12. The van der Waals surface area contributed by atoms with Crippen LogP contribution in [0.1, 0.15) is 59.8 Å². The topological polar surface area (TPSA) is 47.9 Å². The van der Waals surface area contributed by atoms with Gasteiger partial charge in [-0.1, -0.05) is 12.5 Å². The number of phenols is 1. The first-order valence-electron chi connectivity index (χ1n) is 8.64. The number of ether oxygens (including phenoxy) is 1. The van der Waals surface area contributed by atoms with E-state index >= 15 is 0 Å². The molecule has 1 heterocycles. The van der Waals surface area contributed by atoms with E-state index in [-0.39, 0.29) is 23.1 Å². The van der Waals surface area contributed by atoms with Crippen LogP contribution in [0, 0.1) is 0 Å². The van der Waals surface area contributed by atoms with Gasteiger partial charge in [-0.3, -0.25) is 0 Å². The van der Waals surface area contributed by atoms with Gasteiger partial charge in [0.05, 0.1) is 17.3 Å². The minimum Gasteiger partial charge on any atom is -0.504 e. The van der Waals surface area contributed by atoms with Crippen LogP contribution in [0.3, 0.4) is 0 Å². The molecule has 1 aliphatic heterocycles. The first-order valence-corrected chi connectivity index (χ1v) is 8.64. The molecule has 0 atom stereocenters. The van der Waals surface area contributed by atoms with Gasteiger partial charge in [0, 0.05) is 0 Å². The molecule has 0 spiro atoms. The molecular formula is C18H27BO4. The van der Waals surface area contributed by atoms with Crippen LogP contribution in [0.2, 0.25) is 0 Å². The fraction of sp³-hybridized carbons (Fsp3) is 0.667. The quantitative estimate of drug-likeness (QED) is 0.868. The van der Waals surface area contributed by atoms with Gasteiger partial charge in [-0.25, -0.2) is 0 Å². The average molecular weight is 318 g/mol. The summed E-state index contributed by atoms with van der Waals surface area (Å²) < 4.78 is 18.0. The lowest BCUT2D eigenvalue weighted by Crippen LogP contribution is -2.41. The second-order valence-corrected chi connectivity index (χ2v) is 7.69. The summed E-state index contributed by atoms with van der Waals surface area (Å²) in [4.78, 5) is 0. The minimum atomic E-state index is -0.463. The summed E-state index contributed by atoms with van der Waals surface area (Å²) in [6.07, 6.45) is 6.05. The van der Waals surface area contributed by atoms with Gasteiger partial charge < -0.3 is 19.2 Å². The highest BCUT2D eigenvalue weighted by atomic mass is 16.7. The Morgan fingerprint density at radius 2 is 1.65 bits per heavy atom. The highest BCUT2D eigenvalue weighted by Crippen LogP contribution is 2.37. The molecule has 2 fully saturated rings. The monoisotopic (exact) mass is 318 g/mol. The van der Waals surface area contributed by atoms with E-state index < -0.39 is 7.12 Å². The molecule has 0 aromatic heterocycles. The van der Waals surface area contributed by atoms with Gasteiger partial charge in [0.1, 0.15) is 0 Å². The Morgan fingerprint density at radius 1 is 1.04 bits per heavy atom. The maximum absolute atomic E-state index is 10.3. The van der Waals surface area contributed by atoms with Crippen molar-refractivity contribution in [2.24, 2.45) is 0 Å². The molecule has 1 aromatic carbocycles. The van der Waals surface area contributed by atoms with Gasteiger partial charge in [-0.05, 0) is 71.0 Å². The first-order chi connectivity index (χ1) is 10.8. The van der Waals surface area contributed by atoms with Crippen LogP contribution in [0.25, 0.3) is 0 Å². The summed E-state index contributed by atoms with van der Waals surface area (Å²) in [5.74, 6) is 0.708. The minimum absolute atomic E-state index is 0.155. The fourth-order valence-corrected chi connectivity index (χ4v) is 3.12. The average Bonchev–Trinajstić information content (AvgIpc) is 2.71. The second kappa shape index (κ2) is 6.02. The molecular weight excluding hydrogens is 291 g/mol. The lowest BCUT2D eigenvalue weighted by atomic mass is 9.79. The van der Waals surface area contributed by atoms with E-state index in [1.807, 2.05) is 39.8 Å². The van der Waals surface area contributed by atoms with Crippen LogP contribution in [0.4, 0.5) is 0 Å². The van der Waals surface area contributed by atoms with E-state index in [9.17, 15) is 5.11 Å². The van der Waals surface area contributed by atoms with Crippen molar-refractivity contribution in [2.75, 3.05) is 0 Å². The largest absolute Gasteiger partial charge is 0.504 e. The molecule has 0 bridgehead atoms. The van der Waals surface area contributed by atoms with E-state index in [1.54, 1.807) is 6.07 Å². The second-order valence-electron chi connectivity index (χ2n) is 7.69. The number of hydrogen-bond donors (Lipinski definition) is 1. The third-order valence-electron chi connectivity index (χ3n) is 5.35. The highest BCUT2D eigenvalue weighted by Gasteiger charge is 2.51. The molecule has 4 nitrogen and oxygen atoms in total. The van der Waals surface area contributed by atoms with E-state index in [2.05, 4.69) is 0 Å². The normalized spacial score (nSPS) is 23.9. The number of rotatable bonds is 3. The van der Waals surface area contributed by atoms with Gasteiger partial charge in [0.25, 0.3) is 0 Å². The molecule has 1 aliphatic carbocycles. The Kier molecular flexibility index (Phi) is 4.36. The Balaban J connectivity index is 1.72. The summed E-state index contributed by atoms with van der Waals surface area (Å²) in [6.45, 7) is 8.08. The zero-order valence-electron chi connectivity index (χ0n) is 14.6. The molecule has 5 heteroatoms. The lowest BCUT2D eigenvalue weighted by molar-refractivity contribution is 0.00578. The molecule has 0 amide bonds. The Hall–Kier alpha value is -1.20. The van der Waals surface area contributed by atoms with E-state index in [0.29, 0.717) is 5.75 Å². The number of benzene rings is 1. The van der Waals surface area contributed by atoms with Crippen molar-refractivity contribution in [3.8, 4) is 11.5 Å². The standard InChI is InChI=1S/C18H27BO4/c1-17(2)18(3,4)23-19(22-17)13-10-11-16(15(20)12-13)21-14-8-6-5-7-9-14/h10-12,14,20H,5-9H2,1-4H3. The molecule has 1 saturated carbocycles.